The lowest BCUT2D eigenvalue weighted by molar-refractivity contribution is -0.144. The number of carbonyl (C=O) groups excluding carboxylic acids is 2. The van der Waals surface area contributed by atoms with Gasteiger partial charge in [0.1, 0.15) is 6.04 Å². The highest BCUT2D eigenvalue weighted by molar-refractivity contribution is 5.83. The number of nitrogens with zero attached hydrogens (tertiary/aromatic N) is 1. The molecule has 0 fully saturated rings. The fourth-order valence-corrected chi connectivity index (χ4v) is 1.86. The Kier molecular flexibility index (Phi) is 9.86. The molecule has 0 aliphatic heterocycles. The van der Waals surface area contributed by atoms with Crippen LogP contribution in [0.1, 0.15) is 53.4 Å². The first kappa shape index (κ1) is 18.7. The highest BCUT2D eigenvalue weighted by atomic mass is 16.5. The molecule has 0 heterocycles. The average Bonchev–Trinajstić information content (AvgIpc) is 2.43. The lowest BCUT2D eigenvalue weighted by atomic mass is 10.1. The number of urea groups is 1. The number of nitrogens with one attached hydrogen (secondary N) is 1. The molecular weight excluding hydrogens is 256 g/mol. The third-order valence-electron chi connectivity index (χ3n) is 3.25. The van der Waals surface area contributed by atoms with E-state index in [4.69, 9.17) is 4.74 Å². The monoisotopic (exact) mass is 286 g/mol. The minimum atomic E-state index is -0.585. The molecule has 0 saturated heterocycles. The van der Waals surface area contributed by atoms with E-state index < -0.39 is 6.04 Å². The third kappa shape index (κ3) is 6.78. The van der Waals surface area contributed by atoms with Gasteiger partial charge in [-0.15, -0.1) is 0 Å². The number of unbranched alkanes of at least 4 members (excludes halogenated alkanes) is 2. The average molecular weight is 286 g/mol. The second kappa shape index (κ2) is 10.5. The molecule has 20 heavy (non-hydrogen) atoms. The molecule has 0 aromatic carbocycles. The summed E-state index contributed by atoms with van der Waals surface area (Å²) < 4.78 is 4.74. The van der Waals surface area contributed by atoms with Crippen LogP contribution in [-0.4, -0.2) is 43.1 Å². The van der Waals surface area contributed by atoms with Crippen molar-refractivity contribution >= 4 is 12.0 Å². The Labute approximate surface area is 123 Å². The highest BCUT2D eigenvalue weighted by Crippen LogP contribution is 2.06. The van der Waals surface area contributed by atoms with E-state index in [-0.39, 0.29) is 17.9 Å². The van der Waals surface area contributed by atoms with E-state index in [0.717, 1.165) is 38.8 Å². The summed E-state index contributed by atoms with van der Waals surface area (Å²) >= 11 is 0. The SMILES string of the molecule is CCCCN(CCCC)C(=O)NC(C(=O)OC)C(C)C. The number of rotatable bonds is 9. The van der Waals surface area contributed by atoms with Crippen molar-refractivity contribution in [2.75, 3.05) is 20.2 Å². The maximum absolute atomic E-state index is 12.3. The standard InChI is InChI=1S/C15H30N2O3/c1-6-8-10-17(11-9-7-2)15(19)16-13(12(3)4)14(18)20-5/h12-13H,6-11H2,1-5H3,(H,16,19). The molecule has 118 valence electrons. The molecule has 1 N–H and O–H groups in total. The molecule has 0 aromatic rings. The minimum Gasteiger partial charge on any atom is -0.467 e. The quantitative estimate of drug-likeness (QED) is 0.663. The van der Waals surface area contributed by atoms with Gasteiger partial charge in [-0.3, -0.25) is 0 Å². The van der Waals surface area contributed by atoms with Crippen LogP contribution in [-0.2, 0) is 9.53 Å². The van der Waals surface area contributed by atoms with Crippen molar-refractivity contribution in [1.29, 1.82) is 0 Å². The Morgan fingerprint density at radius 2 is 1.60 bits per heavy atom. The second-order valence-electron chi connectivity index (χ2n) is 5.39. The van der Waals surface area contributed by atoms with Crippen molar-refractivity contribution in [1.82, 2.24) is 10.2 Å². The summed E-state index contributed by atoms with van der Waals surface area (Å²) in [6, 6.07) is -0.755. The Hall–Kier alpha value is -1.26. The predicted octanol–water partition coefficient (Wildman–Crippen LogP) is 2.80. The van der Waals surface area contributed by atoms with E-state index in [1.54, 1.807) is 4.90 Å². The fourth-order valence-electron chi connectivity index (χ4n) is 1.86. The summed E-state index contributed by atoms with van der Waals surface area (Å²) in [5, 5.41) is 2.80. The molecule has 0 aliphatic rings. The van der Waals surface area contributed by atoms with Crippen molar-refractivity contribution in [2.24, 2.45) is 5.92 Å². The zero-order valence-corrected chi connectivity index (χ0v) is 13.6. The molecule has 0 rings (SSSR count). The van der Waals surface area contributed by atoms with Crippen LogP contribution >= 0.6 is 0 Å². The summed E-state index contributed by atoms with van der Waals surface area (Å²) in [6.07, 6.45) is 4.03. The number of hydrogen-bond donors (Lipinski definition) is 1. The number of amides is 2. The summed E-state index contributed by atoms with van der Waals surface area (Å²) in [6.45, 7) is 9.44. The first-order valence-electron chi connectivity index (χ1n) is 7.61. The van der Waals surface area contributed by atoms with Crippen LogP contribution < -0.4 is 5.32 Å². The molecule has 2 amide bonds. The van der Waals surface area contributed by atoms with Crippen LogP contribution in [0.4, 0.5) is 4.79 Å². The summed E-state index contributed by atoms with van der Waals surface area (Å²) in [7, 11) is 1.34. The van der Waals surface area contributed by atoms with Crippen molar-refractivity contribution in [2.45, 2.75) is 59.4 Å². The van der Waals surface area contributed by atoms with Gasteiger partial charge in [-0.05, 0) is 18.8 Å². The largest absolute Gasteiger partial charge is 0.467 e. The number of esters is 1. The van der Waals surface area contributed by atoms with Gasteiger partial charge < -0.3 is 15.0 Å². The zero-order valence-electron chi connectivity index (χ0n) is 13.6. The Morgan fingerprint density at radius 3 is 1.95 bits per heavy atom. The number of ether oxygens (including phenoxy) is 1. The topological polar surface area (TPSA) is 58.6 Å². The summed E-state index contributed by atoms with van der Waals surface area (Å²) in [4.78, 5) is 25.8. The van der Waals surface area contributed by atoms with Crippen molar-refractivity contribution in [3.05, 3.63) is 0 Å². The number of methoxy groups -OCH3 is 1. The first-order valence-corrected chi connectivity index (χ1v) is 7.61. The molecule has 1 unspecified atom stereocenters. The molecule has 0 radical (unpaired) electrons. The van der Waals surface area contributed by atoms with Gasteiger partial charge in [0, 0.05) is 13.1 Å². The molecule has 0 spiro atoms. The van der Waals surface area contributed by atoms with Crippen LogP contribution in [0, 0.1) is 5.92 Å². The van der Waals surface area contributed by atoms with Crippen molar-refractivity contribution in [3.63, 3.8) is 0 Å². The minimum absolute atomic E-state index is 0.00519. The molecule has 5 nitrogen and oxygen atoms in total. The van der Waals surface area contributed by atoms with Gasteiger partial charge in [-0.1, -0.05) is 40.5 Å². The van der Waals surface area contributed by atoms with Crippen LogP contribution in [0.3, 0.4) is 0 Å². The van der Waals surface area contributed by atoms with Crippen molar-refractivity contribution < 1.29 is 14.3 Å². The van der Waals surface area contributed by atoms with E-state index >= 15 is 0 Å². The molecule has 1 atom stereocenters. The van der Waals surface area contributed by atoms with E-state index in [2.05, 4.69) is 19.2 Å². The molecule has 0 aliphatic carbocycles. The van der Waals surface area contributed by atoms with E-state index in [1.165, 1.54) is 7.11 Å². The van der Waals surface area contributed by atoms with Gasteiger partial charge in [0.05, 0.1) is 7.11 Å². The van der Waals surface area contributed by atoms with Crippen LogP contribution in [0.5, 0.6) is 0 Å². The van der Waals surface area contributed by atoms with E-state index in [0.29, 0.717) is 0 Å². The fraction of sp³-hybridized carbons (Fsp3) is 0.867. The van der Waals surface area contributed by atoms with Crippen LogP contribution in [0.25, 0.3) is 0 Å². The number of carbonyl (C=O) groups is 2. The van der Waals surface area contributed by atoms with Crippen LogP contribution in [0.2, 0.25) is 0 Å². The molecule has 0 bridgehead atoms. The Balaban J connectivity index is 4.64. The first-order chi connectivity index (χ1) is 9.47. The Bertz CT molecular complexity index is 285. The van der Waals surface area contributed by atoms with E-state index in [1.807, 2.05) is 13.8 Å². The lowest BCUT2D eigenvalue weighted by Gasteiger charge is -2.27. The summed E-state index contributed by atoms with van der Waals surface area (Å²) in [5.41, 5.74) is 0. The van der Waals surface area contributed by atoms with Gasteiger partial charge in [0.2, 0.25) is 0 Å². The van der Waals surface area contributed by atoms with Gasteiger partial charge in [0.25, 0.3) is 0 Å². The second-order valence-corrected chi connectivity index (χ2v) is 5.39. The van der Waals surface area contributed by atoms with Crippen LogP contribution in [0.15, 0.2) is 0 Å². The van der Waals surface area contributed by atoms with Crippen molar-refractivity contribution in [3.8, 4) is 0 Å². The molecule has 0 aromatic heterocycles. The highest BCUT2D eigenvalue weighted by Gasteiger charge is 2.26. The zero-order chi connectivity index (χ0) is 15.5. The smallest absolute Gasteiger partial charge is 0.328 e. The van der Waals surface area contributed by atoms with Gasteiger partial charge in [-0.25, -0.2) is 9.59 Å². The molecule has 0 saturated carbocycles. The lowest BCUT2D eigenvalue weighted by Crippen LogP contribution is -2.51. The van der Waals surface area contributed by atoms with Gasteiger partial charge >= 0.3 is 12.0 Å². The maximum atomic E-state index is 12.3. The molecular formula is C15H30N2O3. The summed E-state index contributed by atoms with van der Waals surface area (Å²) in [5.74, 6) is -0.384. The van der Waals surface area contributed by atoms with Gasteiger partial charge in [0.15, 0.2) is 0 Å². The van der Waals surface area contributed by atoms with Gasteiger partial charge in [-0.2, -0.15) is 0 Å². The third-order valence-corrected chi connectivity index (χ3v) is 3.25. The predicted molar refractivity (Wildman–Crippen MR) is 80.6 cm³/mol. The Morgan fingerprint density at radius 1 is 1.10 bits per heavy atom. The maximum Gasteiger partial charge on any atom is 0.328 e. The normalized spacial score (nSPS) is 12.1. The number of hydrogen-bond acceptors (Lipinski definition) is 3. The molecule has 5 heteroatoms. The van der Waals surface area contributed by atoms with E-state index in [9.17, 15) is 9.59 Å².